The molecule has 0 fully saturated rings. The number of esters is 2. The van der Waals surface area contributed by atoms with Crippen LogP contribution in [0.1, 0.15) is 187 Å². The van der Waals surface area contributed by atoms with Gasteiger partial charge in [-0.05, 0) is 38.5 Å². The summed E-state index contributed by atoms with van der Waals surface area (Å²) in [5.41, 5.74) is 5.33. The van der Waals surface area contributed by atoms with E-state index in [9.17, 15) is 19.0 Å². The van der Waals surface area contributed by atoms with E-state index >= 15 is 0 Å². The minimum atomic E-state index is -4.37. The van der Waals surface area contributed by atoms with Crippen LogP contribution in [0.15, 0.2) is 12.2 Å². The molecule has 10 heteroatoms. The molecule has 0 rings (SSSR count). The number of nitrogens with two attached hydrogens (primary N) is 1. The molecule has 0 aliphatic carbocycles. The molecule has 0 saturated heterocycles. The molecule has 0 aliphatic heterocycles. The minimum absolute atomic E-state index is 0.0549. The quantitative estimate of drug-likeness (QED) is 0.0280. The van der Waals surface area contributed by atoms with Crippen molar-refractivity contribution in [3.8, 4) is 0 Å². The van der Waals surface area contributed by atoms with E-state index in [0.717, 1.165) is 51.4 Å². The molecule has 48 heavy (non-hydrogen) atoms. The Morgan fingerprint density at radius 3 is 1.48 bits per heavy atom. The fourth-order valence-corrected chi connectivity index (χ4v) is 6.22. The minimum Gasteiger partial charge on any atom is -0.462 e. The van der Waals surface area contributed by atoms with Gasteiger partial charge in [0.05, 0.1) is 13.2 Å². The van der Waals surface area contributed by atoms with Crippen LogP contribution in [0, 0.1) is 0 Å². The molecule has 2 atom stereocenters. The summed E-state index contributed by atoms with van der Waals surface area (Å²) in [4.78, 5) is 34.7. The Labute approximate surface area is 294 Å². The lowest BCUT2D eigenvalue weighted by atomic mass is 10.0. The van der Waals surface area contributed by atoms with Gasteiger partial charge in [0.1, 0.15) is 6.61 Å². The molecule has 0 amide bonds. The molecule has 0 aromatic rings. The second kappa shape index (κ2) is 35.6. The maximum Gasteiger partial charge on any atom is 0.472 e. The first-order valence-corrected chi connectivity index (χ1v) is 21.2. The average molecular weight is 704 g/mol. The highest BCUT2D eigenvalue weighted by molar-refractivity contribution is 7.47. The van der Waals surface area contributed by atoms with Crippen LogP contribution in [-0.2, 0) is 32.7 Å². The van der Waals surface area contributed by atoms with E-state index in [1.165, 1.54) is 103 Å². The monoisotopic (exact) mass is 704 g/mol. The summed E-state index contributed by atoms with van der Waals surface area (Å²) in [6, 6.07) is 0. The van der Waals surface area contributed by atoms with Crippen LogP contribution in [-0.4, -0.2) is 49.3 Å². The third-order valence-corrected chi connectivity index (χ3v) is 9.39. The maximum atomic E-state index is 12.5. The maximum absolute atomic E-state index is 12.5. The van der Waals surface area contributed by atoms with Gasteiger partial charge in [-0.3, -0.25) is 18.6 Å². The Bertz CT molecular complexity index is 810. The predicted octanol–water partition coefficient (Wildman–Crippen LogP) is 10.7. The van der Waals surface area contributed by atoms with E-state index in [2.05, 4.69) is 26.0 Å². The lowest BCUT2D eigenvalue weighted by Crippen LogP contribution is -2.29. The first-order chi connectivity index (χ1) is 23.3. The normalized spacial score (nSPS) is 13.5. The van der Waals surface area contributed by atoms with Gasteiger partial charge >= 0.3 is 19.8 Å². The van der Waals surface area contributed by atoms with Crippen LogP contribution in [0.3, 0.4) is 0 Å². The van der Waals surface area contributed by atoms with Crippen molar-refractivity contribution in [1.29, 1.82) is 0 Å². The fraction of sp³-hybridized carbons (Fsp3) is 0.895. The van der Waals surface area contributed by atoms with E-state index in [1.54, 1.807) is 0 Å². The van der Waals surface area contributed by atoms with Crippen molar-refractivity contribution in [2.75, 3.05) is 26.4 Å². The van der Waals surface area contributed by atoms with E-state index in [1.807, 2.05) is 0 Å². The molecule has 0 bridgehead atoms. The van der Waals surface area contributed by atoms with Crippen LogP contribution in [0.25, 0.3) is 0 Å². The highest BCUT2D eigenvalue weighted by Crippen LogP contribution is 2.43. The van der Waals surface area contributed by atoms with Gasteiger partial charge in [0.15, 0.2) is 6.10 Å². The van der Waals surface area contributed by atoms with Crippen LogP contribution < -0.4 is 5.73 Å². The Balaban J connectivity index is 4.19. The molecule has 0 aromatic heterocycles. The van der Waals surface area contributed by atoms with Gasteiger partial charge in [0.2, 0.25) is 0 Å². The first-order valence-electron chi connectivity index (χ1n) is 19.7. The second-order valence-corrected chi connectivity index (χ2v) is 14.6. The zero-order valence-electron chi connectivity index (χ0n) is 31.0. The van der Waals surface area contributed by atoms with Gasteiger partial charge in [0.25, 0.3) is 0 Å². The molecule has 0 heterocycles. The Morgan fingerprint density at radius 2 is 1.02 bits per heavy atom. The summed E-state index contributed by atoms with van der Waals surface area (Å²) in [7, 11) is -4.37. The zero-order valence-corrected chi connectivity index (χ0v) is 31.9. The third-order valence-electron chi connectivity index (χ3n) is 8.40. The van der Waals surface area contributed by atoms with Crippen LogP contribution in [0.4, 0.5) is 0 Å². The lowest BCUT2D eigenvalue weighted by molar-refractivity contribution is -0.161. The smallest absolute Gasteiger partial charge is 0.462 e. The van der Waals surface area contributed by atoms with Gasteiger partial charge in [-0.2, -0.15) is 0 Å². The van der Waals surface area contributed by atoms with E-state index in [-0.39, 0.29) is 38.6 Å². The average Bonchev–Trinajstić information content (AvgIpc) is 3.07. The van der Waals surface area contributed by atoms with Gasteiger partial charge in [-0.15, -0.1) is 0 Å². The molecule has 0 aliphatic rings. The number of phosphoric ester groups is 1. The highest BCUT2D eigenvalue weighted by atomic mass is 31.2. The molecule has 3 N–H and O–H groups in total. The Hall–Kier alpha value is -1.25. The number of ether oxygens (including phenoxy) is 2. The standard InChI is InChI=1S/C38H74NO8P/c1-3-5-7-9-11-13-15-17-18-19-21-22-24-26-28-30-37(40)44-34-36(35-46-48(42,43)45-33-32-39)47-38(41)31-29-27-25-23-20-16-14-12-10-8-6-4-2/h17-18,36H,3-16,19-35,39H2,1-2H3,(H,42,43)/b18-17-/t36-/m1/s1. The van der Waals surface area contributed by atoms with Crippen LogP contribution in [0.5, 0.6) is 0 Å². The number of carbonyl (C=O) groups is 2. The van der Waals surface area contributed by atoms with Crippen molar-refractivity contribution in [2.24, 2.45) is 5.73 Å². The second-order valence-electron chi connectivity index (χ2n) is 13.2. The first kappa shape index (κ1) is 46.8. The number of allylic oxidation sites excluding steroid dienone is 2. The summed E-state index contributed by atoms with van der Waals surface area (Å²) < 4.78 is 32.6. The molecular formula is C38H74NO8P. The summed E-state index contributed by atoms with van der Waals surface area (Å²) in [6.07, 6.45) is 33.8. The topological polar surface area (TPSA) is 134 Å². The summed E-state index contributed by atoms with van der Waals surface area (Å²) in [5.74, 6) is -0.833. The molecule has 284 valence electrons. The SMILES string of the molecule is CCCCCCCC/C=C\CCCCCCCC(=O)OC[C@H](COP(=O)(O)OCCN)OC(=O)CCCCCCCCCCCCCC. The number of phosphoric acid groups is 1. The summed E-state index contributed by atoms with van der Waals surface area (Å²) in [6.45, 7) is 3.72. The molecule has 0 saturated carbocycles. The fourth-order valence-electron chi connectivity index (χ4n) is 5.45. The van der Waals surface area contributed by atoms with Gasteiger partial charge < -0.3 is 20.1 Å². The number of hydrogen-bond acceptors (Lipinski definition) is 8. The van der Waals surface area contributed by atoms with E-state index < -0.39 is 26.5 Å². The molecule has 0 aromatic carbocycles. The zero-order chi connectivity index (χ0) is 35.4. The van der Waals surface area contributed by atoms with Crippen LogP contribution >= 0.6 is 7.82 Å². The largest absolute Gasteiger partial charge is 0.472 e. The lowest BCUT2D eigenvalue weighted by Gasteiger charge is -2.19. The number of rotatable bonds is 37. The van der Waals surface area contributed by atoms with Crippen LogP contribution in [0.2, 0.25) is 0 Å². The van der Waals surface area contributed by atoms with E-state index in [4.69, 9.17) is 24.3 Å². The number of hydrogen-bond donors (Lipinski definition) is 2. The highest BCUT2D eigenvalue weighted by Gasteiger charge is 2.25. The molecule has 0 radical (unpaired) electrons. The molecular weight excluding hydrogens is 629 g/mol. The Kier molecular flexibility index (Phi) is 34.6. The van der Waals surface area contributed by atoms with Crippen molar-refractivity contribution >= 4 is 19.8 Å². The number of carbonyl (C=O) groups excluding carboxylic acids is 2. The van der Waals surface area contributed by atoms with Gasteiger partial charge in [-0.25, -0.2) is 4.57 Å². The van der Waals surface area contributed by atoms with Crippen molar-refractivity contribution in [2.45, 2.75) is 193 Å². The van der Waals surface area contributed by atoms with Crippen molar-refractivity contribution < 1.29 is 37.6 Å². The number of unbranched alkanes of at least 4 members (excludes halogenated alkanes) is 22. The van der Waals surface area contributed by atoms with Crippen molar-refractivity contribution in [1.82, 2.24) is 0 Å². The molecule has 0 spiro atoms. The van der Waals surface area contributed by atoms with Crippen molar-refractivity contribution in [3.05, 3.63) is 12.2 Å². The van der Waals surface area contributed by atoms with Crippen molar-refractivity contribution in [3.63, 3.8) is 0 Å². The Morgan fingerprint density at radius 1 is 0.604 bits per heavy atom. The molecule has 9 nitrogen and oxygen atoms in total. The molecule has 1 unspecified atom stereocenters. The summed E-state index contributed by atoms with van der Waals surface area (Å²) >= 11 is 0. The van der Waals surface area contributed by atoms with E-state index in [0.29, 0.717) is 6.42 Å². The van der Waals surface area contributed by atoms with Gasteiger partial charge in [-0.1, -0.05) is 148 Å². The predicted molar refractivity (Wildman–Crippen MR) is 197 cm³/mol. The van der Waals surface area contributed by atoms with Gasteiger partial charge in [0, 0.05) is 19.4 Å². The summed E-state index contributed by atoms with van der Waals surface area (Å²) in [5, 5.41) is 0. The third kappa shape index (κ3) is 34.6.